The molecule has 3 atom stereocenters. The van der Waals surface area contributed by atoms with Gasteiger partial charge < -0.3 is 31.3 Å². The van der Waals surface area contributed by atoms with E-state index in [1.54, 1.807) is 17.0 Å². The van der Waals surface area contributed by atoms with Gasteiger partial charge in [-0.1, -0.05) is 33.3 Å². The van der Waals surface area contributed by atoms with E-state index >= 15 is 0 Å². The fraction of sp³-hybridized carbons (Fsp3) is 0.586. The third-order valence-corrected chi connectivity index (χ3v) is 6.91. The number of unbranched alkanes of at least 4 members (excludes halogenated alkanes) is 1. The molecule has 0 unspecified atom stereocenters. The van der Waals surface area contributed by atoms with Crippen LogP contribution in [0.4, 0.5) is 10.1 Å². The number of aliphatic hydroxyl groups excluding tert-OH is 1. The number of nitrogens with zero attached hydrogens (tertiary/aromatic N) is 2. The molecule has 0 bridgehead atoms. The van der Waals surface area contributed by atoms with Crippen LogP contribution in [0.5, 0.6) is 0 Å². The standard InChI is InChI=1S/C25H41FN4O3.C4H4O4/c1-6-7-11-28-24(33)20(17(2)3)13-22(31)21(27)14-29-15-23(32)30(16-25(29,4)5)19-10-8-9-18(26)12-19;5-3(6)1-2-4(7)8/h8-10,12,17,20-22,31H,6-7,11,13-16,27H2,1-5H3,(H,28,33);1-2H,(H,5,6)(H,7,8)/t20-,21-,22-;/m0./s1. The van der Waals surface area contributed by atoms with Gasteiger partial charge >= 0.3 is 11.9 Å². The Bertz CT molecular complexity index is 1050. The maximum absolute atomic E-state index is 13.7. The summed E-state index contributed by atoms with van der Waals surface area (Å²) in [5.74, 6) is -3.35. The lowest BCUT2D eigenvalue weighted by molar-refractivity contribution is -0.134. The summed E-state index contributed by atoms with van der Waals surface area (Å²) in [4.78, 5) is 48.1. The van der Waals surface area contributed by atoms with Crippen molar-refractivity contribution in [2.75, 3.05) is 31.1 Å². The van der Waals surface area contributed by atoms with Gasteiger partial charge in [0, 0.05) is 55.0 Å². The second-order valence-electron chi connectivity index (χ2n) is 11.1. The Morgan fingerprint density at radius 2 is 1.78 bits per heavy atom. The molecule has 1 saturated heterocycles. The van der Waals surface area contributed by atoms with Crippen molar-refractivity contribution in [3.63, 3.8) is 0 Å². The van der Waals surface area contributed by atoms with Crippen LogP contribution in [0.3, 0.4) is 0 Å². The second kappa shape index (κ2) is 16.8. The quantitative estimate of drug-likeness (QED) is 0.173. The van der Waals surface area contributed by atoms with Gasteiger partial charge in [-0.25, -0.2) is 14.0 Å². The number of carbonyl (C=O) groups is 4. The molecule has 12 heteroatoms. The number of piperazine rings is 1. The lowest BCUT2D eigenvalue weighted by atomic mass is 9.87. The minimum Gasteiger partial charge on any atom is -0.478 e. The maximum atomic E-state index is 13.7. The van der Waals surface area contributed by atoms with E-state index in [0.29, 0.717) is 37.5 Å². The van der Waals surface area contributed by atoms with Crippen molar-refractivity contribution in [2.45, 2.75) is 71.6 Å². The molecule has 1 aromatic carbocycles. The third kappa shape index (κ3) is 12.4. The smallest absolute Gasteiger partial charge is 0.328 e. The molecule has 0 saturated carbocycles. The molecule has 1 heterocycles. The largest absolute Gasteiger partial charge is 0.478 e. The molecule has 0 aliphatic carbocycles. The van der Waals surface area contributed by atoms with Crippen LogP contribution in [0.1, 0.15) is 53.9 Å². The first-order chi connectivity index (χ1) is 19.1. The van der Waals surface area contributed by atoms with Crippen molar-refractivity contribution in [3.8, 4) is 0 Å². The van der Waals surface area contributed by atoms with Crippen LogP contribution in [0.2, 0.25) is 0 Å². The number of hydrogen-bond acceptors (Lipinski definition) is 7. The number of nitrogens with two attached hydrogens (primary N) is 1. The van der Waals surface area contributed by atoms with E-state index in [9.17, 15) is 28.7 Å². The molecule has 1 aliphatic rings. The highest BCUT2D eigenvalue weighted by atomic mass is 19.1. The summed E-state index contributed by atoms with van der Waals surface area (Å²) < 4.78 is 13.7. The van der Waals surface area contributed by atoms with Gasteiger partial charge in [-0.15, -0.1) is 0 Å². The first-order valence-electron chi connectivity index (χ1n) is 13.7. The monoisotopic (exact) mass is 580 g/mol. The van der Waals surface area contributed by atoms with Gasteiger partial charge in [-0.3, -0.25) is 14.5 Å². The maximum Gasteiger partial charge on any atom is 0.328 e. The lowest BCUT2D eigenvalue weighted by Crippen LogP contribution is -2.64. The molecule has 11 nitrogen and oxygen atoms in total. The fourth-order valence-corrected chi connectivity index (χ4v) is 4.38. The van der Waals surface area contributed by atoms with Crippen molar-refractivity contribution in [1.82, 2.24) is 10.2 Å². The van der Waals surface area contributed by atoms with Gasteiger partial charge in [-0.05, 0) is 50.8 Å². The Balaban J connectivity index is 0.000000915. The number of hydrogen-bond donors (Lipinski definition) is 5. The molecule has 0 radical (unpaired) electrons. The molecular weight excluding hydrogens is 535 g/mol. The van der Waals surface area contributed by atoms with Gasteiger partial charge in [0.2, 0.25) is 11.8 Å². The second-order valence-corrected chi connectivity index (χ2v) is 11.1. The molecule has 2 rings (SSSR count). The molecule has 0 spiro atoms. The molecule has 41 heavy (non-hydrogen) atoms. The van der Waals surface area contributed by atoms with Crippen LogP contribution in [0, 0.1) is 17.7 Å². The molecular formula is C29H45FN4O7. The minimum atomic E-state index is -1.26. The number of benzene rings is 1. The molecule has 2 amide bonds. The van der Waals surface area contributed by atoms with E-state index in [0.717, 1.165) is 12.8 Å². The van der Waals surface area contributed by atoms with Crippen LogP contribution >= 0.6 is 0 Å². The Kier molecular flexibility index (Phi) is 14.6. The highest BCUT2D eigenvalue weighted by Crippen LogP contribution is 2.28. The molecule has 1 aromatic rings. The molecule has 1 aliphatic heterocycles. The predicted octanol–water partition coefficient (Wildman–Crippen LogP) is 2.23. The SMILES string of the molecule is CCCCNC(=O)[C@@H](C[C@H](O)[C@@H](N)CN1CC(=O)N(c2cccc(F)c2)CC1(C)C)C(C)C.O=C(O)C=CC(=O)O. The summed E-state index contributed by atoms with van der Waals surface area (Å²) in [5.41, 5.74) is 6.46. The number of aliphatic hydroxyl groups is 1. The number of anilines is 1. The summed E-state index contributed by atoms with van der Waals surface area (Å²) in [6, 6.07) is 5.41. The van der Waals surface area contributed by atoms with Crippen LogP contribution in [-0.2, 0) is 19.2 Å². The van der Waals surface area contributed by atoms with Crippen LogP contribution in [0.15, 0.2) is 36.4 Å². The Morgan fingerprint density at radius 1 is 1.17 bits per heavy atom. The summed E-state index contributed by atoms with van der Waals surface area (Å²) in [6.07, 6.45) is 2.44. The highest BCUT2D eigenvalue weighted by molar-refractivity contribution is 5.96. The average Bonchev–Trinajstić information content (AvgIpc) is 2.88. The van der Waals surface area contributed by atoms with E-state index < -0.39 is 29.6 Å². The van der Waals surface area contributed by atoms with E-state index in [-0.39, 0.29) is 42.4 Å². The number of carboxylic acids is 2. The van der Waals surface area contributed by atoms with Crippen molar-refractivity contribution < 1.29 is 38.9 Å². The Hall–Kier alpha value is -3.35. The predicted molar refractivity (Wildman–Crippen MR) is 154 cm³/mol. The van der Waals surface area contributed by atoms with Crippen molar-refractivity contribution in [3.05, 3.63) is 42.2 Å². The van der Waals surface area contributed by atoms with Crippen molar-refractivity contribution in [2.24, 2.45) is 17.6 Å². The van der Waals surface area contributed by atoms with Gasteiger partial charge in [0.15, 0.2) is 0 Å². The zero-order valence-corrected chi connectivity index (χ0v) is 24.5. The van der Waals surface area contributed by atoms with E-state index in [1.165, 1.54) is 12.1 Å². The van der Waals surface area contributed by atoms with Crippen LogP contribution in [0.25, 0.3) is 0 Å². The molecule has 0 aromatic heterocycles. The van der Waals surface area contributed by atoms with Gasteiger partial charge in [-0.2, -0.15) is 0 Å². The first-order valence-corrected chi connectivity index (χ1v) is 13.7. The van der Waals surface area contributed by atoms with Crippen molar-refractivity contribution >= 4 is 29.4 Å². The summed E-state index contributed by atoms with van der Waals surface area (Å²) in [6.45, 7) is 11.5. The number of carboxylic acid groups (broad SMARTS) is 2. The molecule has 6 N–H and O–H groups in total. The molecule has 1 fully saturated rings. The average molecular weight is 581 g/mol. The number of rotatable bonds is 13. The number of nitrogens with one attached hydrogen (secondary N) is 1. The van der Waals surface area contributed by atoms with E-state index in [4.69, 9.17) is 15.9 Å². The van der Waals surface area contributed by atoms with Crippen LogP contribution in [-0.4, -0.2) is 87.8 Å². The van der Waals surface area contributed by atoms with E-state index in [2.05, 4.69) is 12.2 Å². The first kappa shape index (κ1) is 35.7. The third-order valence-electron chi connectivity index (χ3n) is 6.91. The van der Waals surface area contributed by atoms with Crippen LogP contribution < -0.4 is 16.0 Å². The summed E-state index contributed by atoms with van der Waals surface area (Å²) in [7, 11) is 0. The van der Waals surface area contributed by atoms with Gasteiger partial charge in [0.1, 0.15) is 5.82 Å². The minimum absolute atomic E-state index is 0.0519. The van der Waals surface area contributed by atoms with Gasteiger partial charge in [0.25, 0.3) is 0 Å². The zero-order chi connectivity index (χ0) is 31.3. The fourth-order valence-electron chi connectivity index (χ4n) is 4.38. The lowest BCUT2D eigenvalue weighted by Gasteiger charge is -2.47. The number of amides is 2. The van der Waals surface area contributed by atoms with Gasteiger partial charge in [0.05, 0.1) is 12.6 Å². The van der Waals surface area contributed by atoms with E-state index in [1.807, 2.05) is 32.6 Å². The summed E-state index contributed by atoms with van der Waals surface area (Å²) in [5, 5.41) is 29.4. The molecule has 230 valence electrons. The topological polar surface area (TPSA) is 173 Å². The highest BCUT2D eigenvalue weighted by Gasteiger charge is 2.40. The Morgan fingerprint density at radius 3 is 2.29 bits per heavy atom. The number of carbonyl (C=O) groups excluding carboxylic acids is 2. The number of halogens is 1. The zero-order valence-electron chi connectivity index (χ0n) is 24.5. The number of aliphatic carboxylic acids is 2. The normalized spacial score (nSPS) is 17.5. The Labute approximate surface area is 241 Å². The van der Waals surface area contributed by atoms with Crippen molar-refractivity contribution in [1.29, 1.82) is 0 Å². The summed E-state index contributed by atoms with van der Waals surface area (Å²) >= 11 is 0.